The number of carbonyl (C=O) groups is 1. The van der Waals surface area contributed by atoms with Crippen LogP contribution < -0.4 is 15.4 Å². The number of pyridine rings is 1. The van der Waals surface area contributed by atoms with Gasteiger partial charge in [-0.15, -0.1) is 5.10 Å². The van der Waals surface area contributed by atoms with Gasteiger partial charge in [0.1, 0.15) is 24.4 Å². The van der Waals surface area contributed by atoms with Gasteiger partial charge in [0.2, 0.25) is 12.2 Å². The molecule has 3 aromatic rings. The quantitative estimate of drug-likeness (QED) is 0.197. The van der Waals surface area contributed by atoms with E-state index in [0.717, 1.165) is 22.5 Å². The fourth-order valence-corrected chi connectivity index (χ4v) is 4.32. The Kier molecular flexibility index (Phi) is 9.49. The zero-order valence-electron chi connectivity index (χ0n) is 21.8. The Morgan fingerprint density at radius 1 is 1.10 bits per heavy atom. The first-order chi connectivity index (χ1) is 18.8. The average molecular weight is 542 g/mol. The summed E-state index contributed by atoms with van der Waals surface area (Å²) in [5.74, 6) is 0.257. The molecule has 0 radical (unpaired) electrons. The molecule has 12 nitrogen and oxygen atoms in total. The lowest BCUT2D eigenvalue weighted by molar-refractivity contribution is -0.278. The summed E-state index contributed by atoms with van der Waals surface area (Å²) in [6, 6.07) is 12.7. The topological polar surface area (TPSA) is 182 Å². The van der Waals surface area contributed by atoms with E-state index in [0.29, 0.717) is 25.1 Å². The van der Waals surface area contributed by atoms with Crippen molar-refractivity contribution in [2.45, 2.75) is 63.3 Å². The van der Waals surface area contributed by atoms with Crippen LogP contribution in [-0.4, -0.2) is 85.5 Å². The lowest BCUT2D eigenvalue weighted by Gasteiger charge is -2.39. The van der Waals surface area contributed by atoms with Gasteiger partial charge in [0.15, 0.2) is 0 Å². The van der Waals surface area contributed by atoms with Crippen LogP contribution in [0, 0.1) is 0 Å². The van der Waals surface area contributed by atoms with Gasteiger partial charge in [-0.25, -0.2) is 4.79 Å². The van der Waals surface area contributed by atoms with E-state index in [-0.39, 0.29) is 17.8 Å². The second kappa shape index (κ2) is 13.0. The number of aliphatic hydroxyl groups is 4. The zero-order valence-corrected chi connectivity index (χ0v) is 21.8. The van der Waals surface area contributed by atoms with Crippen molar-refractivity contribution in [1.82, 2.24) is 20.5 Å². The van der Waals surface area contributed by atoms with Crippen LogP contribution in [0.4, 0.5) is 10.5 Å². The number of nitrogens with one attached hydrogen (secondary N) is 3. The van der Waals surface area contributed by atoms with Crippen LogP contribution in [0.1, 0.15) is 42.3 Å². The summed E-state index contributed by atoms with van der Waals surface area (Å²) < 4.78 is 11.3. The van der Waals surface area contributed by atoms with E-state index in [4.69, 9.17) is 9.47 Å². The van der Waals surface area contributed by atoms with Gasteiger partial charge in [-0.1, -0.05) is 32.0 Å². The zero-order chi connectivity index (χ0) is 27.9. The molecule has 0 saturated carbocycles. The minimum absolute atomic E-state index is 0.0790. The summed E-state index contributed by atoms with van der Waals surface area (Å²) in [5.41, 5.74) is 4.00. The maximum atomic E-state index is 12.3. The molecule has 39 heavy (non-hydrogen) atoms. The van der Waals surface area contributed by atoms with Crippen molar-refractivity contribution in [3.05, 3.63) is 71.2 Å². The number of urea groups is 1. The molecule has 2 aromatic heterocycles. The summed E-state index contributed by atoms with van der Waals surface area (Å²) in [7, 11) is 0. The molecule has 0 bridgehead atoms. The van der Waals surface area contributed by atoms with Crippen molar-refractivity contribution in [3.63, 3.8) is 0 Å². The number of aromatic nitrogens is 3. The Morgan fingerprint density at radius 3 is 2.54 bits per heavy atom. The van der Waals surface area contributed by atoms with E-state index in [1.807, 2.05) is 44.2 Å². The van der Waals surface area contributed by atoms with Crippen LogP contribution in [-0.2, 0) is 17.6 Å². The third kappa shape index (κ3) is 7.11. The van der Waals surface area contributed by atoms with Crippen molar-refractivity contribution in [1.29, 1.82) is 0 Å². The molecule has 1 aromatic carbocycles. The number of H-pyrrole nitrogens is 1. The first-order valence-electron chi connectivity index (χ1n) is 12.8. The highest BCUT2D eigenvalue weighted by Gasteiger charge is 2.45. The van der Waals surface area contributed by atoms with Gasteiger partial charge in [0.05, 0.1) is 6.61 Å². The summed E-state index contributed by atoms with van der Waals surface area (Å²) >= 11 is 0. The molecule has 4 rings (SSSR count). The normalized spacial score (nSPS) is 23.0. The van der Waals surface area contributed by atoms with Crippen molar-refractivity contribution in [2.24, 2.45) is 0 Å². The number of nitrogens with zero attached hydrogens (tertiary/aromatic N) is 2. The van der Waals surface area contributed by atoms with Gasteiger partial charge >= 0.3 is 6.03 Å². The molecule has 0 aliphatic carbocycles. The molecule has 0 spiro atoms. The highest BCUT2D eigenvalue weighted by molar-refractivity contribution is 5.89. The van der Waals surface area contributed by atoms with E-state index < -0.39 is 37.3 Å². The minimum atomic E-state index is -1.56. The molecule has 12 heteroatoms. The standard InChI is InChI=1S/C27H35N5O7/c1-15(2)21-19(25(32-31-21)39-26-24(36)23(35)22(34)20(14-33)38-26)13-16-6-8-18(9-7-16)30-27(37)29-12-10-17-5-3-4-11-28-17/h3-9,11,15,20,22-24,26,33-36H,10,12-14H2,1-2H3,(H,31,32)(H2,29,30,37)/t20-,22-,23+,24-,26+/m1/s1. The molecule has 1 saturated heterocycles. The number of amides is 2. The first kappa shape index (κ1) is 28.5. The van der Waals surface area contributed by atoms with Crippen molar-refractivity contribution in [3.8, 4) is 5.88 Å². The maximum Gasteiger partial charge on any atom is 0.319 e. The highest BCUT2D eigenvalue weighted by atomic mass is 16.7. The van der Waals surface area contributed by atoms with E-state index in [1.165, 1.54) is 0 Å². The van der Waals surface area contributed by atoms with Gasteiger partial charge in [-0.3, -0.25) is 10.1 Å². The molecule has 210 valence electrons. The Morgan fingerprint density at radius 2 is 1.87 bits per heavy atom. The molecule has 1 fully saturated rings. The predicted octanol–water partition coefficient (Wildman–Crippen LogP) is 1.06. The lowest BCUT2D eigenvalue weighted by atomic mass is 9.98. The van der Waals surface area contributed by atoms with E-state index in [2.05, 4.69) is 25.8 Å². The largest absolute Gasteiger partial charge is 0.443 e. The van der Waals surface area contributed by atoms with Gasteiger partial charge in [-0.05, 0) is 35.7 Å². The first-order valence-corrected chi connectivity index (χ1v) is 12.8. The molecule has 3 heterocycles. The third-order valence-corrected chi connectivity index (χ3v) is 6.50. The molecule has 1 aliphatic rings. The van der Waals surface area contributed by atoms with Crippen molar-refractivity contribution >= 4 is 11.7 Å². The van der Waals surface area contributed by atoms with E-state index in [1.54, 1.807) is 18.3 Å². The summed E-state index contributed by atoms with van der Waals surface area (Å²) in [4.78, 5) is 16.5. The molecule has 5 atom stereocenters. The van der Waals surface area contributed by atoms with E-state index in [9.17, 15) is 25.2 Å². The van der Waals surface area contributed by atoms with Crippen molar-refractivity contribution in [2.75, 3.05) is 18.5 Å². The third-order valence-electron chi connectivity index (χ3n) is 6.50. The van der Waals surface area contributed by atoms with Crippen LogP contribution in [0.15, 0.2) is 48.7 Å². The van der Waals surface area contributed by atoms with Crippen LogP contribution in [0.25, 0.3) is 0 Å². The smallest absolute Gasteiger partial charge is 0.319 e. The maximum absolute atomic E-state index is 12.3. The Balaban J connectivity index is 1.39. The average Bonchev–Trinajstić information content (AvgIpc) is 3.32. The van der Waals surface area contributed by atoms with Crippen LogP contribution in [0.2, 0.25) is 0 Å². The van der Waals surface area contributed by atoms with Gasteiger partial charge in [-0.2, -0.15) is 0 Å². The Labute approximate surface area is 226 Å². The minimum Gasteiger partial charge on any atom is -0.443 e. The number of rotatable bonds is 10. The molecule has 0 unspecified atom stereocenters. The fourth-order valence-electron chi connectivity index (χ4n) is 4.32. The fraction of sp³-hybridized carbons (Fsp3) is 0.444. The molecular weight excluding hydrogens is 506 g/mol. The number of benzene rings is 1. The molecule has 2 amide bonds. The Bertz CT molecular complexity index is 1200. The lowest BCUT2D eigenvalue weighted by Crippen LogP contribution is -2.60. The second-order valence-electron chi connectivity index (χ2n) is 9.72. The van der Waals surface area contributed by atoms with Gasteiger partial charge < -0.3 is 40.5 Å². The van der Waals surface area contributed by atoms with Crippen molar-refractivity contribution < 1.29 is 34.7 Å². The number of carbonyl (C=O) groups excluding carboxylic acids is 1. The van der Waals surface area contributed by atoms with Crippen LogP contribution >= 0.6 is 0 Å². The Hall–Kier alpha value is -3.55. The second-order valence-corrected chi connectivity index (χ2v) is 9.72. The van der Waals surface area contributed by atoms with Gasteiger partial charge in [0, 0.05) is 48.2 Å². The van der Waals surface area contributed by atoms with E-state index >= 15 is 0 Å². The predicted molar refractivity (Wildman–Crippen MR) is 141 cm³/mol. The highest BCUT2D eigenvalue weighted by Crippen LogP contribution is 2.31. The van der Waals surface area contributed by atoms with Gasteiger partial charge in [0.25, 0.3) is 0 Å². The SMILES string of the molecule is CC(C)c1[nH]nc(O[C@@H]2O[C@H](CO)[C@@H](O)[C@H](O)[C@H]2O)c1Cc1ccc(NC(=O)NCCc2ccccn2)cc1. The molecule has 7 N–H and O–H groups in total. The number of ether oxygens (including phenoxy) is 2. The summed E-state index contributed by atoms with van der Waals surface area (Å²) in [6.07, 6.45) is -4.25. The monoisotopic (exact) mass is 541 g/mol. The van der Waals surface area contributed by atoms with Crippen LogP contribution in [0.3, 0.4) is 0 Å². The number of hydrogen-bond donors (Lipinski definition) is 7. The number of anilines is 1. The van der Waals surface area contributed by atoms with Crippen LogP contribution in [0.5, 0.6) is 5.88 Å². The summed E-state index contributed by atoms with van der Waals surface area (Å²) in [5, 5.41) is 52.8. The summed E-state index contributed by atoms with van der Waals surface area (Å²) in [6.45, 7) is 3.89. The molecule has 1 aliphatic heterocycles. The number of aliphatic hydroxyl groups excluding tert-OH is 4. The number of aromatic amines is 1. The molecular formula is C27H35N5O7. The number of hydrogen-bond acceptors (Lipinski definition) is 9.